The Kier molecular flexibility index (Phi) is 18.4. The molecule has 0 saturated carbocycles. The van der Waals surface area contributed by atoms with Crippen LogP contribution in [0.4, 0.5) is 0 Å². The van der Waals surface area contributed by atoms with Crippen LogP contribution in [-0.2, 0) is 27.3 Å². The highest BCUT2D eigenvalue weighted by Gasteiger charge is 2.44. The molecule has 3 aromatic carbocycles. The number of phenols is 1. The normalized spacial score (nSPS) is 16.6. The summed E-state index contributed by atoms with van der Waals surface area (Å²) in [6.07, 6.45) is 8.42. The van der Waals surface area contributed by atoms with Gasteiger partial charge in [0.25, 0.3) is 17.7 Å². The number of hydrogen-bond donors (Lipinski definition) is 6. The summed E-state index contributed by atoms with van der Waals surface area (Å²) in [4.78, 5) is 87.6. The number of likely N-dealkylation sites (tertiary alicyclic amines) is 1. The quantitative estimate of drug-likeness (QED) is 0.0368. The zero-order valence-corrected chi connectivity index (χ0v) is 44.1. The van der Waals surface area contributed by atoms with E-state index >= 15 is 0 Å². The molecule has 0 bridgehead atoms. The standard InChI is InChI=1S/C56H70N8O9S/c1-34-49(74-33-59-34)37-18-16-35(17-19-37)31-58-53(70)45-29-40(65)32-64(45)55(72)50(56(2,3)4)61-48(67)15-13-11-9-7-8-10-12-14-26-57-51(68)39-21-20-36-23-25-43(42(36)27-39)60-52(69)44-30-47(73-62-44)38-22-24-41(46(66)28-38)54(71)63(5)6/h16-22,24,27-28,30,33,40,43,45,50,65-66H,7-15,23,25-26,29,31-32H2,1-6H3,(H,57,68)(H,58,70)(H,60,69)(H,61,67)/t40-,43-,45+,50-/m1/s1. The second kappa shape index (κ2) is 24.9. The molecule has 17 nitrogen and oxygen atoms in total. The number of benzene rings is 3. The van der Waals surface area contributed by atoms with Gasteiger partial charge in [0.1, 0.15) is 17.8 Å². The zero-order chi connectivity index (χ0) is 53.1. The fourth-order valence-corrected chi connectivity index (χ4v) is 10.4. The van der Waals surface area contributed by atoms with Crippen LogP contribution >= 0.6 is 11.3 Å². The number of aliphatic hydroxyl groups is 1. The summed E-state index contributed by atoms with van der Waals surface area (Å²) in [5, 5.41) is 36.9. The van der Waals surface area contributed by atoms with Crippen molar-refractivity contribution >= 4 is 46.8 Å². The fourth-order valence-electron chi connectivity index (χ4n) is 9.54. The summed E-state index contributed by atoms with van der Waals surface area (Å²) in [5.74, 6) is -1.85. The van der Waals surface area contributed by atoms with Gasteiger partial charge in [0.2, 0.25) is 17.7 Å². The predicted molar refractivity (Wildman–Crippen MR) is 282 cm³/mol. The second-order valence-corrected chi connectivity index (χ2v) is 21.6. The molecule has 6 N–H and O–H groups in total. The van der Waals surface area contributed by atoms with Crippen LogP contribution in [0.25, 0.3) is 21.8 Å². The van der Waals surface area contributed by atoms with Gasteiger partial charge in [-0.15, -0.1) is 11.3 Å². The molecule has 18 heteroatoms. The Balaban J connectivity index is 0.764. The number of hydrogen-bond acceptors (Lipinski definition) is 12. The molecule has 1 saturated heterocycles. The Morgan fingerprint density at radius 1 is 0.865 bits per heavy atom. The number of aliphatic hydroxyl groups excluding tert-OH is 1. The van der Waals surface area contributed by atoms with Gasteiger partial charge in [-0.25, -0.2) is 4.98 Å². The molecule has 1 aliphatic carbocycles. The molecule has 74 heavy (non-hydrogen) atoms. The van der Waals surface area contributed by atoms with E-state index in [4.69, 9.17) is 4.52 Å². The number of β-amino-alcohol motifs (C(OH)–C–C–N with tert-alkyl or cyclic N) is 1. The van der Waals surface area contributed by atoms with Gasteiger partial charge in [0.15, 0.2) is 11.5 Å². The van der Waals surface area contributed by atoms with E-state index in [1.807, 2.05) is 75.7 Å². The molecule has 0 radical (unpaired) electrons. The predicted octanol–water partition coefficient (Wildman–Crippen LogP) is 7.65. The number of aryl methyl sites for hydroxylation is 2. The van der Waals surface area contributed by atoms with Crippen molar-refractivity contribution in [3.63, 3.8) is 0 Å². The molecule has 4 atom stereocenters. The van der Waals surface area contributed by atoms with Gasteiger partial charge in [-0.1, -0.05) is 101 Å². The Morgan fingerprint density at radius 2 is 1.57 bits per heavy atom. The van der Waals surface area contributed by atoms with Gasteiger partial charge in [-0.3, -0.25) is 28.8 Å². The molecular formula is C56H70N8O9S. The Labute approximate surface area is 436 Å². The van der Waals surface area contributed by atoms with Crippen LogP contribution in [0, 0.1) is 12.3 Å². The maximum atomic E-state index is 14.0. The zero-order valence-electron chi connectivity index (χ0n) is 43.3. The highest BCUT2D eigenvalue weighted by molar-refractivity contribution is 7.13. The van der Waals surface area contributed by atoms with E-state index in [0.29, 0.717) is 30.5 Å². The van der Waals surface area contributed by atoms with Crippen molar-refractivity contribution in [3.05, 3.63) is 111 Å². The third-order valence-electron chi connectivity index (χ3n) is 13.8. The van der Waals surface area contributed by atoms with Crippen molar-refractivity contribution in [2.75, 3.05) is 27.2 Å². The molecule has 5 aromatic rings. The lowest BCUT2D eigenvalue weighted by Gasteiger charge is -2.35. The van der Waals surface area contributed by atoms with E-state index in [0.717, 1.165) is 84.2 Å². The van der Waals surface area contributed by atoms with Crippen LogP contribution in [0.2, 0.25) is 0 Å². The summed E-state index contributed by atoms with van der Waals surface area (Å²) in [6, 6.07) is 17.4. The van der Waals surface area contributed by atoms with Crippen molar-refractivity contribution in [2.24, 2.45) is 5.41 Å². The van der Waals surface area contributed by atoms with E-state index in [9.17, 15) is 39.0 Å². The number of amides is 6. The van der Waals surface area contributed by atoms with Gasteiger partial charge in [-0.2, -0.15) is 0 Å². The maximum absolute atomic E-state index is 14.0. The van der Waals surface area contributed by atoms with E-state index in [1.165, 1.54) is 28.0 Å². The van der Waals surface area contributed by atoms with Gasteiger partial charge in [-0.05, 0) is 84.5 Å². The monoisotopic (exact) mass is 1030 g/mol. The SMILES string of the molecule is Cc1ncsc1-c1ccc(CNC(=O)[C@@H]2C[C@@H](O)CN2C(=O)[C@@H](NC(=O)CCCCCCCCCCNC(=O)c2ccc3c(c2)[C@H](NC(=O)c2cc(-c4ccc(C(=O)N(C)C)c(O)c4)on2)CC3)C(C)(C)C)cc1. The molecule has 2 aromatic heterocycles. The van der Waals surface area contributed by atoms with Crippen molar-refractivity contribution in [2.45, 2.75) is 136 Å². The number of carbonyl (C=O) groups is 6. The summed E-state index contributed by atoms with van der Waals surface area (Å²) >= 11 is 1.58. The molecule has 6 amide bonds. The van der Waals surface area contributed by atoms with Gasteiger partial charge >= 0.3 is 0 Å². The van der Waals surface area contributed by atoms with Crippen molar-refractivity contribution < 1.29 is 43.5 Å². The highest BCUT2D eigenvalue weighted by Crippen LogP contribution is 2.34. The van der Waals surface area contributed by atoms with E-state index in [1.54, 1.807) is 31.5 Å². The number of aromatic nitrogens is 2. The molecular weight excluding hydrogens is 961 g/mol. The lowest BCUT2D eigenvalue weighted by Crippen LogP contribution is -2.57. The van der Waals surface area contributed by atoms with E-state index < -0.39 is 29.5 Å². The number of carbonyl (C=O) groups excluding carboxylic acids is 6. The minimum absolute atomic E-state index is 0.0173. The smallest absolute Gasteiger partial charge is 0.273 e. The van der Waals surface area contributed by atoms with Crippen LogP contribution < -0.4 is 21.3 Å². The largest absolute Gasteiger partial charge is 0.507 e. The summed E-state index contributed by atoms with van der Waals surface area (Å²) < 4.78 is 5.41. The first-order chi connectivity index (χ1) is 35.4. The number of nitrogens with one attached hydrogen (secondary N) is 4. The Morgan fingerprint density at radius 3 is 2.24 bits per heavy atom. The number of phenolic OH excluding ortho intramolecular Hbond substituents is 1. The van der Waals surface area contributed by atoms with Crippen LogP contribution in [0.5, 0.6) is 5.75 Å². The molecule has 1 aliphatic heterocycles. The van der Waals surface area contributed by atoms with Crippen LogP contribution in [0.15, 0.2) is 76.8 Å². The molecule has 0 spiro atoms. The first-order valence-electron chi connectivity index (χ1n) is 25.7. The van der Waals surface area contributed by atoms with E-state index in [-0.39, 0.29) is 84.3 Å². The second-order valence-electron chi connectivity index (χ2n) is 20.8. The van der Waals surface area contributed by atoms with Crippen molar-refractivity contribution in [1.82, 2.24) is 41.2 Å². The number of rotatable bonds is 22. The van der Waals surface area contributed by atoms with Crippen molar-refractivity contribution in [1.29, 1.82) is 0 Å². The number of thiazole rings is 1. The number of unbranched alkanes of at least 4 members (excludes halogenated alkanes) is 7. The fraction of sp³-hybridized carbons (Fsp3) is 0.464. The van der Waals surface area contributed by atoms with Gasteiger partial charge < -0.3 is 45.8 Å². The number of fused-ring (bicyclic) bond motifs is 1. The molecule has 0 unspecified atom stereocenters. The van der Waals surface area contributed by atoms with Crippen LogP contribution in [-0.4, -0.2) is 111 Å². The first-order valence-corrected chi connectivity index (χ1v) is 26.5. The third-order valence-corrected chi connectivity index (χ3v) is 14.8. The van der Waals surface area contributed by atoms with Crippen LogP contribution in [0.3, 0.4) is 0 Å². The third kappa shape index (κ3) is 14.0. The molecule has 2 aliphatic rings. The molecule has 7 rings (SSSR count). The molecule has 3 heterocycles. The average Bonchev–Trinajstić information content (AvgIpc) is 4.21. The highest BCUT2D eigenvalue weighted by atomic mass is 32.1. The molecule has 1 fully saturated rings. The topological polar surface area (TPSA) is 236 Å². The first kappa shape index (κ1) is 54.8. The average molecular weight is 1030 g/mol. The lowest BCUT2D eigenvalue weighted by atomic mass is 9.85. The Bertz CT molecular complexity index is 2800. The molecule has 394 valence electrons. The van der Waals surface area contributed by atoms with Crippen LogP contribution in [0.1, 0.15) is 151 Å². The summed E-state index contributed by atoms with van der Waals surface area (Å²) in [6.45, 7) is 8.44. The van der Waals surface area contributed by atoms with E-state index in [2.05, 4.69) is 31.4 Å². The van der Waals surface area contributed by atoms with Crippen molar-refractivity contribution in [3.8, 4) is 27.5 Å². The minimum atomic E-state index is -0.871. The lowest BCUT2D eigenvalue weighted by molar-refractivity contribution is -0.144. The number of aromatic hydroxyl groups is 1. The summed E-state index contributed by atoms with van der Waals surface area (Å²) in [5.41, 5.74) is 7.25. The summed E-state index contributed by atoms with van der Waals surface area (Å²) in [7, 11) is 3.19. The Hall–Kier alpha value is -6.92. The van der Waals surface area contributed by atoms with Gasteiger partial charge in [0, 0.05) is 63.8 Å². The maximum Gasteiger partial charge on any atom is 0.273 e. The van der Waals surface area contributed by atoms with Gasteiger partial charge in [0.05, 0.1) is 33.8 Å². The minimum Gasteiger partial charge on any atom is -0.507 e. The number of nitrogens with zero attached hydrogens (tertiary/aromatic N) is 4.